The van der Waals surface area contributed by atoms with Crippen LogP contribution in [-0.2, 0) is 22.6 Å². The van der Waals surface area contributed by atoms with Crippen molar-refractivity contribution in [3.05, 3.63) is 154 Å². The summed E-state index contributed by atoms with van der Waals surface area (Å²) in [5, 5.41) is 11.8. The van der Waals surface area contributed by atoms with Crippen molar-refractivity contribution in [2.75, 3.05) is 12.9 Å². The van der Waals surface area contributed by atoms with E-state index in [0.717, 1.165) is 38.5 Å². The van der Waals surface area contributed by atoms with Crippen LogP contribution in [0.25, 0.3) is 11.1 Å². The summed E-state index contributed by atoms with van der Waals surface area (Å²) in [5.74, 6) is -11.2. The van der Waals surface area contributed by atoms with Crippen molar-refractivity contribution in [2.45, 2.75) is 43.5 Å². The highest BCUT2D eigenvalue weighted by atomic mass is 32.2. The summed E-state index contributed by atoms with van der Waals surface area (Å²) in [7, 11) is 1.64. The second-order valence-corrected chi connectivity index (χ2v) is 13.3. The first-order valence-corrected chi connectivity index (χ1v) is 17.3. The fraction of sp³-hybridized carbons (Fsp3) is 0.225. The number of aliphatic hydroxyl groups is 1. The molecule has 5 aromatic rings. The zero-order valence-corrected chi connectivity index (χ0v) is 28.9. The first-order chi connectivity index (χ1) is 25.1. The van der Waals surface area contributed by atoms with E-state index in [0.29, 0.717) is 11.3 Å². The van der Waals surface area contributed by atoms with Crippen LogP contribution in [0.4, 0.5) is 22.0 Å². The fourth-order valence-corrected chi connectivity index (χ4v) is 7.18. The number of methoxy groups -OCH3 is 1. The number of aliphatic hydroxyl groups excluding tert-OH is 1. The maximum absolute atomic E-state index is 14.1. The van der Waals surface area contributed by atoms with Crippen molar-refractivity contribution < 1.29 is 46.1 Å². The summed E-state index contributed by atoms with van der Waals surface area (Å²) < 4.78 is 87.7. The van der Waals surface area contributed by atoms with Gasteiger partial charge in [-0.2, -0.15) is 0 Å². The minimum Gasteiger partial charge on any atom is -0.496 e. The van der Waals surface area contributed by atoms with Crippen molar-refractivity contribution in [1.82, 2.24) is 5.32 Å². The lowest BCUT2D eigenvalue weighted by Crippen LogP contribution is -2.38. The third kappa shape index (κ3) is 7.85. The van der Waals surface area contributed by atoms with Crippen molar-refractivity contribution in [3.63, 3.8) is 0 Å². The average molecular weight is 736 g/mol. The Labute approximate surface area is 301 Å². The number of carbonyl (C=O) groups is 1. The van der Waals surface area contributed by atoms with Gasteiger partial charge in [-0.05, 0) is 46.0 Å². The van der Waals surface area contributed by atoms with Gasteiger partial charge in [-0.25, -0.2) is 22.0 Å². The maximum Gasteiger partial charge on any atom is 0.257 e. The van der Waals surface area contributed by atoms with Gasteiger partial charge in [0.1, 0.15) is 11.3 Å². The lowest BCUT2D eigenvalue weighted by Gasteiger charge is -2.41. The van der Waals surface area contributed by atoms with Crippen LogP contribution in [0.15, 0.2) is 102 Å². The molecule has 52 heavy (non-hydrogen) atoms. The predicted molar refractivity (Wildman–Crippen MR) is 186 cm³/mol. The SMILES string of the molecule is COc1ccccc1SCC1OC(c2ccc(-c3cccc(CNC(=O)c4c(F)c(F)c(F)c(F)c4F)c3)cc2)OC(c2ccc(CO)cc2)C1C. The molecule has 5 aromatic carbocycles. The molecule has 2 N–H and O–H groups in total. The Kier molecular flexibility index (Phi) is 11.6. The molecule has 1 aliphatic rings. The molecule has 0 aromatic heterocycles. The summed E-state index contributed by atoms with van der Waals surface area (Å²) >= 11 is 1.64. The van der Waals surface area contributed by atoms with Gasteiger partial charge in [-0.1, -0.05) is 85.8 Å². The number of ether oxygens (including phenoxy) is 3. The minimum atomic E-state index is -2.34. The van der Waals surface area contributed by atoms with Crippen LogP contribution >= 0.6 is 11.8 Å². The Morgan fingerprint density at radius 3 is 2.10 bits per heavy atom. The van der Waals surface area contributed by atoms with Crippen LogP contribution in [0.2, 0.25) is 0 Å². The molecule has 4 atom stereocenters. The molecule has 0 radical (unpaired) electrons. The standard InChI is InChI=1S/C40H34F5NO5S/c1-22-30(21-52-31-9-4-3-8-29(31)49-2)50-40(51-38(22)26-12-10-23(20-47)11-13-26)27-16-14-25(15-17-27)28-7-5-6-24(18-28)19-46-39(48)32-33(41)35(43)37(45)36(44)34(32)42/h3-18,22,30,38,40,47H,19-21H2,1-2H3,(H,46,48). The molecule has 1 heterocycles. The quantitative estimate of drug-likeness (QED) is 0.0611. The van der Waals surface area contributed by atoms with E-state index in [2.05, 4.69) is 12.2 Å². The number of hydrogen-bond donors (Lipinski definition) is 2. The molecule has 1 fully saturated rings. The molecule has 0 aliphatic carbocycles. The smallest absolute Gasteiger partial charge is 0.257 e. The largest absolute Gasteiger partial charge is 0.496 e. The second-order valence-electron chi connectivity index (χ2n) is 12.2. The molecule has 0 saturated carbocycles. The molecule has 0 spiro atoms. The summed E-state index contributed by atoms with van der Waals surface area (Å²) in [6.45, 7) is 1.80. The van der Waals surface area contributed by atoms with Crippen LogP contribution in [0.3, 0.4) is 0 Å². The monoisotopic (exact) mass is 735 g/mol. The maximum atomic E-state index is 14.1. The number of hydrogen-bond acceptors (Lipinski definition) is 6. The second kappa shape index (κ2) is 16.3. The van der Waals surface area contributed by atoms with Crippen LogP contribution in [0.5, 0.6) is 5.75 Å². The first-order valence-electron chi connectivity index (χ1n) is 16.3. The molecule has 6 nitrogen and oxygen atoms in total. The number of benzene rings is 5. The molecule has 1 amide bonds. The fourth-order valence-electron chi connectivity index (χ4n) is 5.99. The van der Waals surface area contributed by atoms with Crippen molar-refractivity contribution in [3.8, 4) is 16.9 Å². The molecular formula is C40H34F5NO5S. The summed E-state index contributed by atoms with van der Waals surface area (Å²) in [6.07, 6.45) is -1.20. The lowest BCUT2D eigenvalue weighted by molar-refractivity contribution is -0.268. The molecule has 1 saturated heterocycles. The summed E-state index contributed by atoms with van der Waals surface area (Å²) in [4.78, 5) is 13.5. The first kappa shape index (κ1) is 37.0. The van der Waals surface area contributed by atoms with Crippen LogP contribution in [-0.4, -0.2) is 30.0 Å². The van der Waals surface area contributed by atoms with E-state index in [1.807, 2.05) is 78.9 Å². The molecule has 0 bridgehead atoms. The highest BCUT2D eigenvalue weighted by molar-refractivity contribution is 7.99. The lowest BCUT2D eigenvalue weighted by atomic mass is 9.91. The van der Waals surface area contributed by atoms with Gasteiger partial charge >= 0.3 is 0 Å². The number of nitrogens with one attached hydrogen (secondary N) is 1. The van der Waals surface area contributed by atoms with Crippen molar-refractivity contribution in [2.24, 2.45) is 5.92 Å². The van der Waals surface area contributed by atoms with E-state index < -0.39 is 46.8 Å². The van der Waals surface area contributed by atoms with Gasteiger partial charge in [-0.15, -0.1) is 11.8 Å². The van der Waals surface area contributed by atoms with E-state index in [1.54, 1.807) is 37.1 Å². The zero-order chi connectivity index (χ0) is 36.9. The van der Waals surface area contributed by atoms with Gasteiger partial charge in [0, 0.05) is 28.7 Å². The number of amides is 1. The van der Waals surface area contributed by atoms with Crippen LogP contribution in [0, 0.1) is 35.0 Å². The Morgan fingerprint density at radius 1 is 0.769 bits per heavy atom. The minimum absolute atomic E-state index is 0.0185. The zero-order valence-electron chi connectivity index (χ0n) is 28.0. The van der Waals surface area contributed by atoms with E-state index in [4.69, 9.17) is 14.2 Å². The number of halogens is 5. The Bertz CT molecular complexity index is 2020. The predicted octanol–water partition coefficient (Wildman–Crippen LogP) is 9.06. The van der Waals surface area contributed by atoms with Gasteiger partial charge in [0.15, 0.2) is 29.6 Å². The van der Waals surface area contributed by atoms with Crippen LogP contribution in [0.1, 0.15) is 51.9 Å². The Hall–Kier alpha value is -4.75. The average Bonchev–Trinajstić information content (AvgIpc) is 3.18. The molecule has 270 valence electrons. The van der Waals surface area contributed by atoms with Crippen LogP contribution < -0.4 is 10.1 Å². The highest BCUT2D eigenvalue weighted by Gasteiger charge is 2.38. The third-order valence-corrected chi connectivity index (χ3v) is 10.1. The number of para-hydroxylation sites is 1. The molecule has 4 unspecified atom stereocenters. The Morgan fingerprint density at radius 2 is 1.42 bits per heavy atom. The van der Waals surface area contributed by atoms with E-state index in [-0.39, 0.29) is 31.3 Å². The molecule has 1 aliphatic heterocycles. The molecular weight excluding hydrogens is 701 g/mol. The molecule has 12 heteroatoms. The molecule has 6 rings (SSSR count). The topological polar surface area (TPSA) is 77.0 Å². The van der Waals surface area contributed by atoms with E-state index in [9.17, 15) is 31.9 Å². The number of carbonyl (C=O) groups excluding carboxylic acids is 1. The van der Waals surface area contributed by atoms with Crippen molar-refractivity contribution in [1.29, 1.82) is 0 Å². The summed E-state index contributed by atoms with van der Waals surface area (Å²) in [5.41, 5.74) is 3.08. The van der Waals surface area contributed by atoms with Gasteiger partial charge in [0.2, 0.25) is 5.82 Å². The van der Waals surface area contributed by atoms with Gasteiger partial charge in [0.25, 0.3) is 5.91 Å². The Balaban J connectivity index is 1.19. The number of rotatable bonds is 11. The van der Waals surface area contributed by atoms with Gasteiger partial charge in [0.05, 0.1) is 25.9 Å². The van der Waals surface area contributed by atoms with E-state index >= 15 is 0 Å². The summed E-state index contributed by atoms with van der Waals surface area (Å²) in [6, 6.07) is 30.0. The van der Waals surface area contributed by atoms with Crippen molar-refractivity contribution >= 4 is 17.7 Å². The van der Waals surface area contributed by atoms with Gasteiger partial charge in [-0.3, -0.25) is 4.79 Å². The third-order valence-electron chi connectivity index (χ3n) is 8.93. The number of thioether (sulfide) groups is 1. The normalized spacial score (nSPS) is 18.6. The highest BCUT2D eigenvalue weighted by Crippen LogP contribution is 2.44. The van der Waals surface area contributed by atoms with E-state index in [1.165, 1.54) is 0 Å². The van der Waals surface area contributed by atoms with Gasteiger partial charge < -0.3 is 24.6 Å².